The molecule has 0 saturated heterocycles. The summed E-state index contributed by atoms with van der Waals surface area (Å²) in [5, 5.41) is 16.4. The lowest BCUT2D eigenvalue weighted by Gasteiger charge is -2.05. The summed E-state index contributed by atoms with van der Waals surface area (Å²) in [5.74, 6) is 2.32. The summed E-state index contributed by atoms with van der Waals surface area (Å²) in [5.41, 5.74) is 2.04. The predicted octanol–water partition coefficient (Wildman–Crippen LogP) is 2.08. The molecule has 0 aliphatic heterocycles. The Kier molecular flexibility index (Phi) is 4.74. The monoisotopic (exact) mass is 274 g/mol. The Balaban J connectivity index is 2.16. The van der Waals surface area contributed by atoms with Crippen molar-refractivity contribution >= 4 is 5.69 Å². The number of aromatic nitrogens is 3. The fraction of sp³-hybridized carbons (Fsp3) is 0.467. The first-order chi connectivity index (χ1) is 9.60. The molecular weight excluding hydrogens is 252 g/mol. The van der Waals surface area contributed by atoms with Gasteiger partial charge in [0, 0.05) is 31.3 Å². The molecule has 1 aromatic carbocycles. The van der Waals surface area contributed by atoms with Crippen molar-refractivity contribution in [2.45, 2.75) is 20.3 Å². The van der Waals surface area contributed by atoms with Crippen molar-refractivity contribution < 1.29 is 5.11 Å². The molecule has 0 atom stereocenters. The minimum Gasteiger partial charge on any atom is -0.395 e. The second-order valence-electron chi connectivity index (χ2n) is 5.30. The largest absolute Gasteiger partial charge is 0.395 e. The van der Waals surface area contributed by atoms with E-state index in [9.17, 15) is 0 Å². The highest BCUT2D eigenvalue weighted by Crippen LogP contribution is 2.20. The van der Waals surface area contributed by atoms with Gasteiger partial charge in [-0.15, -0.1) is 0 Å². The van der Waals surface area contributed by atoms with E-state index in [1.54, 1.807) is 0 Å². The van der Waals surface area contributed by atoms with Crippen LogP contribution in [-0.2, 0) is 13.5 Å². The molecule has 0 radical (unpaired) electrons. The van der Waals surface area contributed by atoms with Crippen molar-refractivity contribution in [3.05, 3.63) is 30.1 Å². The Morgan fingerprint density at radius 2 is 1.95 bits per heavy atom. The van der Waals surface area contributed by atoms with Crippen molar-refractivity contribution in [1.29, 1.82) is 0 Å². The molecule has 5 heteroatoms. The lowest BCUT2D eigenvalue weighted by Crippen LogP contribution is -2.05. The quantitative estimate of drug-likeness (QED) is 0.846. The number of hydrogen-bond donors (Lipinski definition) is 2. The fourth-order valence-corrected chi connectivity index (χ4v) is 2.08. The van der Waals surface area contributed by atoms with Gasteiger partial charge in [-0.2, -0.15) is 5.10 Å². The topological polar surface area (TPSA) is 63.0 Å². The highest BCUT2D eigenvalue weighted by atomic mass is 16.3. The molecule has 20 heavy (non-hydrogen) atoms. The highest BCUT2D eigenvalue weighted by Gasteiger charge is 2.10. The van der Waals surface area contributed by atoms with Crippen molar-refractivity contribution in [3.63, 3.8) is 0 Å². The number of rotatable bonds is 6. The number of aliphatic hydroxyl groups is 1. The molecule has 108 valence electrons. The Labute approximate surface area is 119 Å². The van der Waals surface area contributed by atoms with Crippen LogP contribution >= 0.6 is 0 Å². The van der Waals surface area contributed by atoms with Crippen molar-refractivity contribution in [1.82, 2.24) is 14.8 Å². The van der Waals surface area contributed by atoms with Gasteiger partial charge in [-0.25, -0.2) is 9.67 Å². The van der Waals surface area contributed by atoms with Crippen LogP contribution in [-0.4, -0.2) is 33.0 Å². The van der Waals surface area contributed by atoms with Crippen LogP contribution in [0.3, 0.4) is 0 Å². The van der Waals surface area contributed by atoms with Gasteiger partial charge in [0.1, 0.15) is 0 Å². The number of benzene rings is 1. The van der Waals surface area contributed by atoms with Gasteiger partial charge in [0.2, 0.25) is 0 Å². The third kappa shape index (κ3) is 3.57. The van der Waals surface area contributed by atoms with E-state index in [0.29, 0.717) is 12.5 Å². The molecular formula is C15H22N4O. The smallest absolute Gasteiger partial charge is 0.158 e. The molecule has 1 heterocycles. The van der Waals surface area contributed by atoms with Crippen LogP contribution in [0.5, 0.6) is 0 Å². The molecule has 0 aliphatic carbocycles. The number of aliphatic hydroxyl groups excluding tert-OH is 1. The van der Waals surface area contributed by atoms with E-state index in [-0.39, 0.29) is 6.61 Å². The molecule has 5 nitrogen and oxygen atoms in total. The van der Waals surface area contributed by atoms with Crippen LogP contribution in [0.1, 0.15) is 19.7 Å². The maximum atomic E-state index is 8.79. The van der Waals surface area contributed by atoms with E-state index in [4.69, 9.17) is 5.11 Å². The van der Waals surface area contributed by atoms with E-state index in [2.05, 4.69) is 29.2 Å². The first-order valence-electron chi connectivity index (χ1n) is 6.95. The highest BCUT2D eigenvalue weighted by molar-refractivity contribution is 5.60. The second kappa shape index (κ2) is 6.52. The Bertz CT molecular complexity index is 546. The summed E-state index contributed by atoms with van der Waals surface area (Å²) < 4.78 is 1.83. The normalized spacial score (nSPS) is 11.1. The first kappa shape index (κ1) is 14.5. The summed E-state index contributed by atoms with van der Waals surface area (Å²) in [6, 6.07) is 8.01. The maximum Gasteiger partial charge on any atom is 0.158 e. The minimum atomic E-state index is 0.129. The van der Waals surface area contributed by atoms with Gasteiger partial charge in [0.15, 0.2) is 11.6 Å². The van der Waals surface area contributed by atoms with Crippen LogP contribution in [0.4, 0.5) is 5.69 Å². The van der Waals surface area contributed by atoms with Crippen LogP contribution in [0, 0.1) is 5.92 Å². The van der Waals surface area contributed by atoms with Crippen molar-refractivity contribution in [2.75, 3.05) is 18.5 Å². The zero-order chi connectivity index (χ0) is 14.5. The minimum absolute atomic E-state index is 0.129. The third-order valence-corrected chi connectivity index (χ3v) is 2.98. The maximum absolute atomic E-state index is 8.79. The van der Waals surface area contributed by atoms with Crippen LogP contribution in [0.15, 0.2) is 24.3 Å². The number of nitrogens with one attached hydrogen (secondary N) is 1. The van der Waals surface area contributed by atoms with E-state index < -0.39 is 0 Å². The molecule has 0 spiro atoms. The summed E-state index contributed by atoms with van der Waals surface area (Å²) in [6.45, 7) is 5.01. The van der Waals surface area contributed by atoms with Crippen LogP contribution < -0.4 is 5.32 Å². The van der Waals surface area contributed by atoms with Gasteiger partial charge in [0.25, 0.3) is 0 Å². The summed E-state index contributed by atoms with van der Waals surface area (Å²) in [4.78, 5) is 4.60. The van der Waals surface area contributed by atoms with Gasteiger partial charge >= 0.3 is 0 Å². The van der Waals surface area contributed by atoms with E-state index >= 15 is 0 Å². The summed E-state index contributed by atoms with van der Waals surface area (Å²) >= 11 is 0. The van der Waals surface area contributed by atoms with E-state index in [1.807, 2.05) is 36.0 Å². The summed E-state index contributed by atoms with van der Waals surface area (Å²) in [6.07, 6.45) is 0.893. The van der Waals surface area contributed by atoms with E-state index in [1.165, 1.54) is 0 Å². The molecule has 0 aliphatic rings. The Hall–Kier alpha value is -1.88. The SMILES string of the molecule is CC(C)Cc1nc(-c2ccc(NCCO)cc2)n(C)n1. The Morgan fingerprint density at radius 1 is 1.25 bits per heavy atom. The molecule has 0 amide bonds. The molecule has 1 aromatic heterocycles. The number of aryl methyl sites for hydroxylation is 1. The zero-order valence-corrected chi connectivity index (χ0v) is 12.3. The third-order valence-electron chi connectivity index (χ3n) is 2.98. The fourth-order valence-electron chi connectivity index (χ4n) is 2.08. The van der Waals surface area contributed by atoms with Crippen LogP contribution in [0.2, 0.25) is 0 Å². The predicted molar refractivity (Wildman–Crippen MR) is 80.6 cm³/mol. The molecule has 0 unspecified atom stereocenters. The second-order valence-corrected chi connectivity index (χ2v) is 5.30. The summed E-state index contributed by atoms with van der Waals surface area (Å²) in [7, 11) is 1.92. The average molecular weight is 274 g/mol. The molecule has 2 aromatic rings. The number of hydrogen-bond acceptors (Lipinski definition) is 4. The van der Waals surface area contributed by atoms with Gasteiger partial charge < -0.3 is 10.4 Å². The van der Waals surface area contributed by atoms with Crippen LogP contribution in [0.25, 0.3) is 11.4 Å². The zero-order valence-electron chi connectivity index (χ0n) is 12.3. The lowest BCUT2D eigenvalue weighted by atomic mass is 10.1. The Morgan fingerprint density at radius 3 is 2.55 bits per heavy atom. The van der Waals surface area contributed by atoms with Gasteiger partial charge in [-0.3, -0.25) is 0 Å². The van der Waals surface area contributed by atoms with Crippen molar-refractivity contribution in [3.8, 4) is 11.4 Å². The van der Waals surface area contributed by atoms with Gasteiger partial charge in [-0.1, -0.05) is 13.8 Å². The lowest BCUT2D eigenvalue weighted by molar-refractivity contribution is 0.311. The number of nitrogens with zero attached hydrogens (tertiary/aromatic N) is 3. The van der Waals surface area contributed by atoms with Gasteiger partial charge in [-0.05, 0) is 30.2 Å². The van der Waals surface area contributed by atoms with Crippen molar-refractivity contribution in [2.24, 2.45) is 13.0 Å². The number of anilines is 1. The molecule has 0 bridgehead atoms. The standard InChI is InChI=1S/C15H22N4O/c1-11(2)10-14-17-15(19(3)18-14)12-4-6-13(7-5-12)16-8-9-20/h4-7,11,16,20H,8-10H2,1-3H3. The average Bonchev–Trinajstić information content (AvgIpc) is 2.77. The molecule has 0 saturated carbocycles. The molecule has 2 rings (SSSR count). The van der Waals surface area contributed by atoms with Gasteiger partial charge in [0.05, 0.1) is 6.61 Å². The molecule has 2 N–H and O–H groups in total. The van der Waals surface area contributed by atoms with E-state index in [0.717, 1.165) is 29.3 Å². The first-order valence-corrected chi connectivity index (χ1v) is 6.95. The molecule has 0 fully saturated rings.